The topological polar surface area (TPSA) is 86.7 Å². The van der Waals surface area contributed by atoms with Crippen LogP contribution in [0.5, 0.6) is 0 Å². The summed E-state index contributed by atoms with van der Waals surface area (Å²) in [6.07, 6.45) is 7.92. The fourth-order valence-electron chi connectivity index (χ4n) is 5.31. The summed E-state index contributed by atoms with van der Waals surface area (Å²) in [5.41, 5.74) is 2.19. The van der Waals surface area contributed by atoms with Gasteiger partial charge in [-0.1, -0.05) is 56.7 Å². The van der Waals surface area contributed by atoms with Crippen LogP contribution in [0.25, 0.3) is 0 Å². The van der Waals surface area contributed by atoms with Gasteiger partial charge in [-0.25, -0.2) is 19.2 Å². The number of cyclic esters (lactones) is 4. The van der Waals surface area contributed by atoms with Gasteiger partial charge < -0.3 is 9.47 Å². The number of hydrogen-bond acceptors (Lipinski definition) is 6. The Labute approximate surface area is 179 Å². The van der Waals surface area contributed by atoms with Crippen LogP contribution in [-0.2, 0) is 14.9 Å². The minimum Gasteiger partial charge on any atom is -0.386 e. The fourth-order valence-corrected chi connectivity index (χ4v) is 5.31. The van der Waals surface area contributed by atoms with Gasteiger partial charge in [-0.2, -0.15) is 0 Å². The number of esters is 4. The quantitative estimate of drug-likeness (QED) is 0.518. The summed E-state index contributed by atoms with van der Waals surface area (Å²) in [5.74, 6) is -2.52. The number of carbonyl (C=O) groups excluding carboxylic acids is 4. The van der Waals surface area contributed by atoms with Crippen molar-refractivity contribution in [1.82, 2.24) is 0 Å². The monoisotopic (exact) mass is 418 g/mol. The largest absolute Gasteiger partial charge is 0.386 e. The van der Waals surface area contributed by atoms with E-state index in [0.717, 1.165) is 62.5 Å². The molecule has 31 heavy (non-hydrogen) atoms. The molecular formula is C25H22O6. The highest BCUT2D eigenvalue weighted by Gasteiger charge is 2.43. The number of ether oxygens (including phenoxy) is 2. The molecule has 2 aliphatic heterocycles. The minimum atomic E-state index is -0.645. The predicted octanol–water partition coefficient (Wildman–Crippen LogP) is 4.73. The maximum atomic E-state index is 12.7. The van der Waals surface area contributed by atoms with E-state index in [2.05, 4.69) is 0 Å². The Bertz CT molecular complexity index is 1120. The van der Waals surface area contributed by atoms with Gasteiger partial charge >= 0.3 is 23.9 Å². The lowest BCUT2D eigenvalue weighted by Crippen LogP contribution is -2.30. The van der Waals surface area contributed by atoms with Crippen molar-refractivity contribution in [3.8, 4) is 0 Å². The maximum Gasteiger partial charge on any atom is 0.347 e. The van der Waals surface area contributed by atoms with Crippen molar-refractivity contribution < 1.29 is 28.7 Å². The molecule has 0 saturated heterocycles. The molecule has 0 bridgehead atoms. The van der Waals surface area contributed by atoms with Crippen LogP contribution in [-0.4, -0.2) is 23.9 Å². The highest BCUT2D eigenvalue weighted by Crippen LogP contribution is 2.46. The number of rotatable bonds is 2. The zero-order chi connectivity index (χ0) is 21.6. The van der Waals surface area contributed by atoms with Crippen molar-refractivity contribution in [2.75, 3.05) is 0 Å². The highest BCUT2D eigenvalue weighted by molar-refractivity contribution is 6.16. The van der Waals surface area contributed by atoms with Crippen LogP contribution in [0.2, 0.25) is 0 Å². The normalized spacial score (nSPS) is 20.3. The number of benzene rings is 2. The van der Waals surface area contributed by atoms with Gasteiger partial charge in [0, 0.05) is 5.41 Å². The molecule has 6 nitrogen and oxygen atoms in total. The van der Waals surface area contributed by atoms with E-state index in [9.17, 15) is 19.2 Å². The molecule has 0 aromatic heterocycles. The van der Waals surface area contributed by atoms with E-state index in [1.165, 1.54) is 0 Å². The average Bonchev–Trinajstić information content (AvgIpc) is 3.27. The Hall–Kier alpha value is -3.28. The molecular weight excluding hydrogens is 396 g/mol. The lowest BCUT2D eigenvalue weighted by Gasteiger charge is -2.36. The minimum absolute atomic E-state index is 0.257. The van der Waals surface area contributed by atoms with Crippen molar-refractivity contribution in [2.24, 2.45) is 0 Å². The number of carbonyl (C=O) groups is 4. The van der Waals surface area contributed by atoms with E-state index in [-0.39, 0.29) is 16.7 Å². The summed E-state index contributed by atoms with van der Waals surface area (Å²) >= 11 is 0. The van der Waals surface area contributed by atoms with Gasteiger partial charge in [-0.15, -0.1) is 0 Å². The molecule has 5 rings (SSSR count). The second-order valence-corrected chi connectivity index (χ2v) is 8.55. The molecule has 0 radical (unpaired) electrons. The maximum absolute atomic E-state index is 12.7. The molecule has 0 N–H and O–H groups in total. The number of fused-ring (bicyclic) bond motifs is 2. The van der Waals surface area contributed by atoms with Crippen LogP contribution in [0.15, 0.2) is 36.4 Å². The summed E-state index contributed by atoms with van der Waals surface area (Å²) in [4.78, 5) is 49.1. The van der Waals surface area contributed by atoms with E-state index in [0.29, 0.717) is 5.56 Å². The van der Waals surface area contributed by atoms with Crippen molar-refractivity contribution in [2.45, 2.75) is 56.8 Å². The van der Waals surface area contributed by atoms with Gasteiger partial charge in [0.05, 0.1) is 22.3 Å². The predicted molar refractivity (Wildman–Crippen MR) is 110 cm³/mol. The zero-order valence-electron chi connectivity index (χ0n) is 17.1. The van der Waals surface area contributed by atoms with Gasteiger partial charge in [0.25, 0.3) is 0 Å². The first-order chi connectivity index (χ1) is 15.0. The summed E-state index contributed by atoms with van der Waals surface area (Å²) in [7, 11) is 0. The summed E-state index contributed by atoms with van der Waals surface area (Å²) in [6, 6.07) is 10.5. The molecule has 3 aliphatic rings. The van der Waals surface area contributed by atoms with Crippen molar-refractivity contribution in [3.63, 3.8) is 0 Å². The molecule has 1 fully saturated rings. The van der Waals surface area contributed by atoms with Crippen molar-refractivity contribution in [1.29, 1.82) is 0 Å². The van der Waals surface area contributed by atoms with Crippen LogP contribution in [0.4, 0.5) is 0 Å². The first-order valence-corrected chi connectivity index (χ1v) is 10.8. The Morgan fingerprint density at radius 3 is 1.97 bits per heavy atom. The van der Waals surface area contributed by atoms with Crippen LogP contribution in [0.1, 0.15) is 104 Å². The van der Waals surface area contributed by atoms with E-state index in [4.69, 9.17) is 9.47 Å². The SMILES string of the molecule is O=C1OC(=O)c2cc(C3(c4cccc5c4C(=O)OC5=O)CCCCCCCC3)ccc21. The molecule has 0 atom stereocenters. The van der Waals surface area contributed by atoms with Crippen molar-refractivity contribution >= 4 is 23.9 Å². The van der Waals surface area contributed by atoms with E-state index < -0.39 is 29.3 Å². The Morgan fingerprint density at radius 1 is 0.613 bits per heavy atom. The third-order valence-electron chi connectivity index (χ3n) is 6.84. The molecule has 2 heterocycles. The molecule has 0 amide bonds. The summed E-state index contributed by atoms with van der Waals surface area (Å²) in [5, 5.41) is 0. The van der Waals surface area contributed by atoms with Gasteiger partial charge in [-0.3, -0.25) is 0 Å². The Morgan fingerprint density at radius 2 is 1.23 bits per heavy atom. The summed E-state index contributed by atoms with van der Waals surface area (Å²) in [6.45, 7) is 0. The van der Waals surface area contributed by atoms with Gasteiger partial charge in [0.2, 0.25) is 0 Å². The Balaban J connectivity index is 1.74. The summed E-state index contributed by atoms with van der Waals surface area (Å²) < 4.78 is 9.72. The fraction of sp³-hybridized carbons (Fsp3) is 0.360. The second-order valence-electron chi connectivity index (χ2n) is 8.55. The van der Waals surface area contributed by atoms with Gasteiger partial charge in [-0.05, 0) is 42.2 Å². The lowest BCUT2D eigenvalue weighted by atomic mass is 9.66. The second kappa shape index (κ2) is 7.45. The molecule has 0 spiro atoms. The standard InChI is InChI=1S/C25H22O6/c26-21-16-11-10-15(14-18(16)23(28)30-21)25(12-5-3-1-2-4-6-13-25)19-9-7-8-17-20(19)24(29)31-22(17)27/h7-11,14H,1-6,12-13H2. The average molecular weight is 418 g/mol. The molecule has 0 unspecified atom stereocenters. The number of hydrogen-bond donors (Lipinski definition) is 0. The zero-order valence-corrected chi connectivity index (χ0v) is 17.1. The Kier molecular flexibility index (Phi) is 4.73. The molecule has 158 valence electrons. The molecule has 1 saturated carbocycles. The van der Waals surface area contributed by atoms with Crippen LogP contribution >= 0.6 is 0 Å². The van der Waals surface area contributed by atoms with E-state index >= 15 is 0 Å². The third kappa shape index (κ3) is 3.09. The van der Waals surface area contributed by atoms with Crippen LogP contribution in [0.3, 0.4) is 0 Å². The smallest absolute Gasteiger partial charge is 0.347 e. The third-order valence-corrected chi connectivity index (χ3v) is 6.84. The van der Waals surface area contributed by atoms with Crippen LogP contribution < -0.4 is 0 Å². The molecule has 2 aromatic rings. The first kappa shape index (κ1) is 19.7. The van der Waals surface area contributed by atoms with E-state index in [1.54, 1.807) is 24.3 Å². The first-order valence-electron chi connectivity index (χ1n) is 10.8. The van der Waals surface area contributed by atoms with E-state index in [1.807, 2.05) is 12.1 Å². The molecule has 6 heteroatoms. The van der Waals surface area contributed by atoms with Crippen LogP contribution in [0, 0.1) is 0 Å². The molecule has 2 aromatic carbocycles. The molecule has 1 aliphatic carbocycles. The highest BCUT2D eigenvalue weighted by atomic mass is 16.6. The van der Waals surface area contributed by atoms with Gasteiger partial charge in [0.1, 0.15) is 0 Å². The van der Waals surface area contributed by atoms with Gasteiger partial charge in [0.15, 0.2) is 0 Å². The van der Waals surface area contributed by atoms with Crippen molar-refractivity contribution in [3.05, 3.63) is 69.8 Å². The lowest BCUT2D eigenvalue weighted by molar-refractivity contribution is 0.0425.